The lowest BCUT2D eigenvalue weighted by Gasteiger charge is -2.31. The van der Waals surface area contributed by atoms with E-state index >= 15 is 0 Å². The molecule has 0 radical (unpaired) electrons. The molecule has 0 spiro atoms. The Balaban J connectivity index is 2.18. The fourth-order valence-corrected chi connectivity index (χ4v) is 2.72. The molecule has 0 N–H and O–H groups in total. The lowest BCUT2D eigenvalue weighted by atomic mass is 9.81. The second-order valence-electron chi connectivity index (χ2n) is 4.35. The van der Waals surface area contributed by atoms with Crippen molar-refractivity contribution in [2.24, 2.45) is 23.7 Å². The van der Waals surface area contributed by atoms with Crippen LogP contribution in [-0.2, 0) is 9.53 Å². The average molecular weight is 168 g/mol. The highest BCUT2D eigenvalue weighted by Gasteiger charge is 2.45. The third-order valence-corrected chi connectivity index (χ3v) is 3.52. The molecule has 2 fully saturated rings. The van der Waals surface area contributed by atoms with Gasteiger partial charge >= 0.3 is 5.97 Å². The van der Waals surface area contributed by atoms with Crippen molar-refractivity contribution in [2.75, 3.05) is 6.61 Å². The number of hydrogen-bond acceptors (Lipinski definition) is 2. The van der Waals surface area contributed by atoms with Gasteiger partial charge in [-0.1, -0.05) is 13.8 Å². The highest BCUT2D eigenvalue weighted by atomic mass is 16.5. The van der Waals surface area contributed by atoms with Gasteiger partial charge in [0.2, 0.25) is 0 Å². The zero-order valence-corrected chi connectivity index (χ0v) is 7.75. The topological polar surface area (TPSA) is 26.3 Å². The standard InChI is InChI=1S/C10H16O2/c1-6-3-4-8-7(2)5-12-10(11)9(6)8/h6-9H,3-5H2,1-2H3/t6-,7?,8-,9-/m0/s1. The molecule has 12 heavy (non-hydrogen) atoms. The number of esters is 1. The molecule has 1 unspecified atom stereocenters. The minimum Gasteiger partial charge on any atom is -0.465 e. The van der Waals surface area contributed by atoms with Crippen molar-refractivity contribution < 1.29 is 9.53 Å². The second kappa shape index (κ2) is 2.75. The van der Waals surface area contributed by atoms with Gasteiger partial charge < -0.3 is 4.74 Å². The lowest BCUT2D eigenvalue weighted by Crippen LogP contribution is -2.37. The first-order chi connectivity index (χ1) is 5.70. The third kappa shape index (κ3) is 1.05. The van der Waals surface area contributed by atoms with Crippen LogP contribution in [0.2, 0.25) is 0 Å². The second-order valence-corrected chi connectivity index (χ2v) is 4.35. The van der Waals surface area contributed by atoms with Crippen LogP contribution in [0, 0.1) is 23.7 Å². The van der Waals surface area contributed by atoms with Crippen LogP contribution in [-0.4, -0.2) is 12.6 Å². The summed E-state index contributed by atoms with van der Waals surface area (Å²) in [5.74, 6) is 2.01. The molecule has 0 aromatic carbocycles. The van der Waals surface area contributed by atoms with E-state index in [1.54, 1.807) is 0 Å². The fraction of sp³-hybridized carbons (Fsp3) is 0.900. The smallest absolute Gasteiger partial charge is 0.309 e. The van der Waals surface area contributed by atoms with Crippen molar-refractivity contribution in [3.63, 3.8) is 0 Å². The van der Waals surface area contributed by atoms with Gasteiger partial charge in [0.1, 0.15) is 0 Å². The molecular formula is C10H16O2. The summed E-state index contributed by atoms with van der Waals surface area (Å²) in [7, 11) is 0. The van der Waals surface area contributed by atoms with Crippen LogP contribution in [0.5, 0.6) is 0 Å². The molecule has 68 valence electrons. The van der Waals surface area contributed by atoms with Crippen LogP contribution in [0.15, 0.2) is 0 Å². The van der Waals surface area contributed by atoms with E-state index in [9.17, 15) is 4.79 Å². The predicted octanol–water partition coefficient (Wildman–Crippen LogP) is 1.84. The zero-order chi connectivity index (χ0) is 8.72. The predicted molar refractivity (Wildman–Crippen MR) is 45.5 cm³/mol. The minimum absolute atomic E-state index is 0.0584. The Bertz CT molecular complexity index is 200. The SMILES string of the molecule is CC1COC(=O)[C@H]2[C@@H](C)CC[C@@H]12. The van der Waals surface area contributed by atoms with E-state index in [1.165, 1.54) is 12.8 Å². The molecule has 1 heterocycles. The summed E-state index contributed by atoms with van der Waals surface area (Å²) in [5.41, 5.74) is 0. The quantitative estimate of drug-likeness (QED) is 0.516. The summed E-state index contributed by atoms with van der Waals surface area (Å²) in [6.07, 6.45) is 2.43. The molecule has 2 heteroatoms. The highest BCUT2D eigenvalue weighted by Crippen LogP contribution is 2.44. The number of carbonyl (C=O) groups is 1. The number of carbonyl (C=O) groups excluding carboxylic acids is 1. The number of rotatable bonds is 0. The Hall–Kier alpha value is -0.530. The summed E-state index contributed by atoms with van der Waals surface area (Å²) in [5, 5.41) is 0. The molecule has 0 amide bonds. The van der Waals surface area contributed by atoms with Gasteiger partial charge in [-0.2, -0.15) is 0 Å². The molecule has 4 atom stereocenters. The summed E-state index contributed by atoms with van der Waals surface area (Å²) in [6.45, 7) is 5.01. The molecule has 1 saturated carbocycles. The maximum Gasteiger partial charge on any atom is 0.309 e. The van der Waals surface area contributed by atoms with Crippen LogP contribution in [0.1, 0.15) is 26.7 Å². The summed E-state index contributed by atoms with van der Waals surface area (Å²) < 4.78 is 5.14. The summed E-state index contributed by atoms with van der Waals surface area (Å²) >= 11 is 0. The van der Waals surface area contributed by atoms with E-state index < -0.39 is 0 Å². The van der Waals surface area contributed by atoms with Gasteiger partial charge in [-0.05, 0) is 30.6 Å². The Morgan fingerprint density at radius 2 is 2.00 bits per heavy atom. The summed E-state index contributed by atoms with van der Waals surface area (Å²) in [4.78, 5) is 11.4. The number of hydrogen-bond donors (Lipinski definition) is 0. The Morgan fingerprint density at radius 3 is 2.67 bits per heavy atom. The van der Waals surface area contributed by atoms with Crippen molar-refractivity contribution >= 4 is 5.97 Å². The third-order valence-electron chi connectivity index (χ3n) is 3.52. The van der Waals surface area contributed by atoms with Gasteiger partial charge in [-0.25, -0.2) is 0 Å². The van der Waals surface area contributed by atoms with E-state index in [2.05, 4.69) is 13.8 Å². The van der Waals surface area contributed by atoms with Crippen molar-refractivity contribution in [2.45, 2.75) is 26.7 Å². The largest absolute Gasteiger partial charge is 0.465 e. The van der Waals surface area contributed by atoms with Crippen LogP contribution in [0.25, 0.3) is 0 Å². The maximum atomic E-state index is 11.4. The van der Waals surface area contributed by atoms with Gasteiger partial charge in [0.05, 0.1) is 12.5 Å². The van der Waals surface area contributed by atoms with Gasteiger partial charge in [0.15, 0.2) is 0 Å². The van der Waals surface area contributed by atoms with E-state index in [-0.39, 0.29) is 11.9 Å². The first kappa shape index (κ1) is 8.09. The first-order valence-corrected chi connectivity index (χ1v) is 4.87. The first-order valence-electron chi connectivity index (χ1n) is 4.87. The monoisotopic (exact) mass is 168 g/mol. The van der Waals surface area contributed by atoms with Crippen LogP contribution >= 0.6 is 0 Å². The lowest BCUT2D eigenvalue weighted by molar-refractivity contribution is -0.160. The molecular weight excluding hydrogens is 152 g/mol. The van der Waals surface area contributed by atoms with Crippen LogP contribution in [0.3, 0.4) is 0 Å². The van der Waals surface area contributed by atoms with E-state index in [0.29, 0.717) is 24.4 Å². The van der Waals surface area contributed by atoms with Crippen molar-refractivity contribution in [1.82, 2.24) is 0 Å². The molecule has 0 bridgehead atoms. The Morgan fingerprint density at radius 1 is 1.25 bits per heavy atom. The molecule has 2 nitrogen and oxygen atoms in total. The fourth-order valence-electron chi connectivity index (χ4n) is 2.72. The average Bonchev–Trinajstić information content (AvgIpc) is 2.42. The van der Waals surface area contributed by atoms with Crippen LogP contribution in [0.4, 0.5) is 0 Å². The minimum atomic E-state index is 0.0584. The Labute approximate surface area is 73.3 Å². The number of cyclic esters (lactones) is 1. The van der Waals surface area contributed by atoms with Gasteiger partial charge in [0, 0.05) is 0 Å². The molecule has 0 aromatic heterocycles. The van der Waals surface area contributed by atoms with Crippen molar-refractivity contribution in [3.05, 3.63) is 0 Å². The van der Waals surface area contributed by atoms with E-state index in [0.717, 1.165) is 0 Å². The van der Waals surface area contributed by atoms with Crippen molar-refractivity contribution in [1.29, 1.82) is 0 Å². The molecule has 2 rings (SSSR count). The van der Waals surface area contributed by atoms with Crippen LogP contribution < -0.4 is 0 Å². The van der Waals surface area contributed by atoms with Crippen molar-refractivity contribution in [3.8, 4) is 0 Å². The molecule has 0 aromatic rings. The highest BCUT2D eigenvalue weighted by molar-refractivity contribution is 5.74. The summed E-state index contributed by atoms with van der Waals surface area (Å²) in [6, 6.07) is 0. The normalized spacial score (nSPS) is 47.0. The molecule has 2 aliphatic rings. The Kier molecular flexibility index (Phi) is 1.85. The number of ether oxygens (including phenoxy) is 1. The zero-order valence-electron chi connectivity index (χ0n) is 7.75. The van der Waals surface area contributed by atoms with Gasteiger partial charge in [-0.3, -0.25) is 4.79 Å². The maximum absolute atomic E-state index is 11.4. The van der Waals surface area contributed by atoms with Gasteiger partial charge in [-0.15, -0.1) is 0 Å². The van der Waals surface area contributed by atoms with Gasteiger partial charge in [0.25, 0.3) is 0 Å². The molecule has 1 aliphatic heterocycles. The molecule has 1 saturated heterocycles. The molecule has 1 aliphatic carbocycles. The number of fused-ring (bicyclic) bond motifs is 1. The van der Waals surface area contributed by atoms with E-state index in [4.69, 9.17) is 4.74 Å². The van der Waals surface area contributed by atoms with E-state index in [1.807, 2.05) is 0 Å².